The fourth-order valence-electron chi connectivity index (χ4n) is 3.83. The number of carbonyl (C=O) groups is 1. The predicted molar refractivity (Wildman–Crippen MR) is 92.2 cm³/mol. The zero-order chi connectivity index (χ0) is 17.4. The van der Waals surface area contributed by atoms with E-state index in [1.165, 1.54) is 0 Å². The summed E-state index contributed by atoms with van der Waals surface area (Å²) in [5.74, 6) is 1.99. The second-order valence-electron chi connectivity index (χ2n) is 6.71. The summed E-state index contributed by atoms with van der Waals surface area (Å²) in [6.07, 6.45) is 4.23. The quantitative estimate of drug-likeness (QED) is 0.799. The molecule has 132 valence electrons. The molecule has 2 aliphatic rings. The minimum atomic E-state index is -0.194. The molecule has 0 saturated heterocycles. The molecule has 0 fully saturated rings. The summed E-state index contributed by atoms with van der Waals surface area (Å²) >= 11 is 0. The number of aromatic hydroxyl groups is 1. The van der Waals surface area contributed by atoms with E-state index in [0.717, 1.165) is 61.4 Å². The third kappa shape index (κ3) is 2.94. The van der Waals surface area contributed by atoms with Gasteiger partial charge >= 0.3 is 6.03 Å². The van der Waals surface area contributed by atoms with Gasteiger partial charge in [-0.15, -0.1) is 0 Å². The zero-order valence-corrected chi connectivity index (χ0v) is 14.3. The minimum Gasteiger partial charge on any atom is -0.508 e. The summed E-state index contributed by atoms with van der Waals surface area (Å²) in [5, 5.41) is 20.5. The molecule has 2 amide bonds. The van der Waals surface area contributed by atoms with E-state index < -0.39 is 0 Å². The van der Waals surface area contributed by atoms with Crippen molar-refractivity contribution < 1.29 is 9.90 Å². The largest absolute Gasteiger partial charge is 0.508 e. The van der Waals surface area contributed by atoms with Crippen molar-refractivity contribution in [2.75, 3.05) is 0 Å². The van der Waals surface area contributed by atoms with E-state index in [4.69, 9.17) is 0 Å². The van der Waals surface area contributed by atoms with Gasteiger partial charge in [0, 0.05) is 13.0 Å². The predicted octanol–water partition coefficient (Wildman–Crippen LogP) is 2.37. The van der Waals surface area contributed by atoms with Gasteiger partial charge in [0.15, 0.2) is 5.82 Å². The van der Waals surface area contributed by atoms with E-state index in [2.05, 4.69) is 20.7 Å². The average Bonchev–Trinajstić information content (AvgIpc) is 3.20. The number of hydrogen-bond acceptors (Lipinski definition) is 4. The van der Waals surface area contributed by atoms with Gasteiger partial charge in [-0.1, -0.05) is 19.1 Å². The van der Waals surface area contributed by atoms with E-state index in [1.54, 1.807) is 6.07 Å². The highest BCUT2D eigenvalue weighted by Crippen LogP contribution is 2.36. The molecule has 7 heteroatoms. The minimum absolute atomic E-state index is 0.0604. The first-order valence-corrected chi connectivity index (χ1v) is 8.97. The molecule has 2 heterocycles. The van der Waals surface area contributed by atoms with E-state index >= 15 is 0 Å². The van der Waals surface area contributed by atoms with Crippen molar-refractivity contribution >= 4 is 6.03 Å². The number of aryl methyl sites for hydroxylation is 2. The van der Waals surface area contributed by atoms with Crippen LogP contribution in [0.25, 0.3) is 0 Å². The zero-order valence-electron chi connectivity index (χ0n) is 14.3. The van der Waals surface area contributed by atoms with Crippen molar-refractivity contribution in [3.63, 3.8) is 0 Å². The number of carbonyl (C=O) groups excluding carboxylic acids is 1. The summed E-state index contributed by atoms with van der Waals surface area (Å²) in [5.41, 5.74) is 1.95. The summed E-state index contributed by atoms with van der Waals surface area (Å²) in [6.45, 7) is 2.89. The Balaban J connectivity index is 1.45. The summed E-state index contributed by atoms with van der Waals surface area (Å²) in [6, 6.07) is 5.13. The normalized spacial score (nSPS) is 21.5. The molecule has 0 radical (unpaired) electrons. The van der Waals surface area contributed by atoms with E-state index in [-0.39, 0.29) is 18.1 Å². The standard InChI is InChI=1S/C18H23N5O2/c1-2-16-21-17-14(6-4-10-23(17)22-16)20-18(25)19-13-9-8-12-11(13)5-3-7-15(12)24/h3,5,7,13-14,24H,2,4,6,8-10H2,1H3,(H2,19,20,25)/t13-,14+/m0/s1. The molecule has 7 nitrogen and oxygen atoms in total. The van der Waals surface area contributed by atoms with Crippen LogP contribution < -0.4 is 10.6 Å². The van der Waals surface area contributed by atoms with Crippen LogP contribution in [-0.4, -0.2) is 25.9 Å². The maximum atomic E-state index is 12.5. The number of aromatic nitrogens is 3. The van der Waals surface area contributed by atoms with Gasteiger partial charge in [0.05, 0.1) is 12.1 Å². The van der Waals surface area contributed by atoms with Crippen molar-refractivity contribution in [2.45, 2.75) is 57.7 Å². The Morgan fingerprint density at radius 2 is 2.16 bits per heavy atom. The van der Waals surface area contributed by atoms with Gasteiger partial charge < -0.3 is 15.7 Å². The van der Waals surface area contributed by atoms with Crippen LogP contribution in [0.4, 0.5) is 4.79 Å². The van der Waals surface area contributed by atoms with Crippen LogP contribution in [0.1, 0.15) is 61.0 Å². The van der Waals surface area contributed by atoms with Crippen LogP contribution in [0.2, 0.25) is 0 Å². The topological polar surface area (TPSA) is 92.1 Å². The highest BCUT2D eigenvalue weighted by atomic mass is 16.3. The Kier molecular flexibility index (Phi) is 4.07. The maximum absolute atomic E-state index is 12.5. The molecule has 0 spiro atoms. The van der Waals surface area contributed by atoms with Crippen LogP contribution in [-0.2, 0) is 19.4 Å². The molecule has 1 aromatic carbocycles. The molecule has 1 aliphatic heterocycles. The van der Waals surface area contributed by atoms with Crippen molar-refractivity contribution in [1.82, 2.24) is 25.4 Å². The van der Waals surface area contributed by atoms with Gasteiger partial charge in [-0.25, -0.2) is 14.5 Å². The number of fused-ring (bicyclic) bond motifs is 2. The molecular weight excluding hydrogens is 318 g/mol. The van der Waals surface area contributed by atoms with Crippen molar-refractivity contribution in [3.05, 3.63) is 41.0 Å². The molecule has 4 rings (SSSR count). The number of urea groups is 1. The molecule has 0 unspecified atom stereocenters. The third-order valence-corrected chi connectivity index (χ3v) is 5.09. The fraction of sp³-hybridized carbons (Fsp3) is 0.500. The first kappa shape index (κ1) is 15.9. The molecule has 25 heavy (non-hydrogen) atoms. The first-order valence-electron chi connectivity index (χ1n) is 8.97. The lowest BCUT2D eigenvalue weighted by atomic mass is 10.1. The average molecular weight is 341 g/mol. The Bertz CT molecular complexity index is 801. The SMILES string of the molecule is CCc1nc2n(n1)CCC[C@H]2NC(=O)N[C@H]1CCc2c(O)cccc21. The first-order chi connectivity index (χ1) is 12.2. The molecule has 2 atom stereocenters. The van der Waals surface area contributed by atoms with Gasteiger partial charge in [-0.3, -0.25) is 0 Å². The number of nitrogens with zero attached hydrogens (tertiary/aromatic N) is 3. The maximum Gasteiger partial charge on any atom is 0.315 e. The van der Waals surface area contributed by atoms with Crippen LogP contribution in [0.5, 0.6) is 5.75 Å². The lowest BCUT2D eigenvalue weighted by Crippen LogP contribution is -2.41. The molecule has 0 saturated carbocycles. The van der Waals surface area contributed by atoms with Gasteiger partial charge in [-0.05, 0) is 42.9 Å². The fourth-order valence-corrected chi connectivity index (χ4v) is 3.83. The molecule has 1 aromatic heterocycles. The highest BCUT2D eigenvalue weighted by Gasteiger charge is 2.29. The second-order valence-corrected chi connectivity index (χ2v) is 6.71. The molecular formula is C18H23N5O2. The summed E-state index contributed by atoms with van der Waals surface area (Å²) in [4.78, 5) is 17.1. The number of rotatable bonds is 3. The van der Waals surface area contributed by atoms with E-state index in [9.17, 15) is 9.90 Å². The third-order valence-electron chi connectivity index (χ3n) is 5.09. The van der Waals surface area contributed by atoms with Gasteiger partial charge in [-0.2, -0.15) is 5.10 Å². The Labute approximate surface area is 146 Å². The molecule has 1 aliphatic carbocycles. The Morgan fingerprint density at radius 1 is 1.32 bits per heavy atom. The van der Waals surface area contributed by atoms with Crippen LogP contribution in [0.15, 0.2) is 18.2 Å². The number of nitrogens with one attached hydrogen (secondary N) is 2. The van der Waals surface area contributed by atoms with Crippen molar-refractivity contribution in [2.24, 2.45) is 0 Å². The van der Waals surface area contributed by atoms with Gasteiger partial charge in [0.2, 0.25) is 0 Å². The van der Waals surface area contributed by atoms with Crippen molar-refractivity contribution in [3.8, 4) is 5.75 Å². The van der Waals surface area contributed by atoms with Crippen LogP contribution in [0.3, 0.4) is 0 Å². The summed E-state index contributed by atoms with van der Waals surface area (Å²) in [7, 11) is 0. The van der Waals surface area contributed by atoms with Crippen molar-refractivity contribution in [1.29, 1.82) is 0 Å². The van der Waals surface area contributed by atoms with Gasteiger partial charge in [0.1, 0.15) is 11.6 Å². The highest BCUT2D eigenvalue weighted by molar-refractivity contribution is 5.75. The number of benzene rings is 1. The monoisotopic (exact) mass is 341 g/mol. The lowest BCUT2D eigenvalue weighted by Gasteiger charge is -2.24. The molecule has 2 aromatic rings. The number of hydrogen-bond donors (Lipinski definition) is 3. The Hall–Kier alpha value is -2.57. The van der Waals surface area contributed by atoms with Crippen LogP contribution in [0, 0.1) is 0 Å². The summed E-state index contributed by atoms with van der Waals surface area (Å²) < 4.78 is 1.91. The van der Waals surface area contributed by atoms with Gasteiger partial charge in [0.25, 0.3) is 0 Å². The number of phenols is 1. The van der Waals surface area contributed by atoms with E-state index in [1.807, 2.05) is 23.7 Å². The lowest BCUT2D eigenvalue weighted by molar-refractivity contribution is 0.229. The van der Waals surface area contributed by atoms with E-state index in [0.29, 0.717) is 5.75 Å². The number of phenolic OH excluding ortho intramolecular Hbond substituents is 1. The molecule has 3 N–H and O–H groups in total. The number of amides is 2. The smallest absolute Gasteiger partial charge is 0.315 e. The second kappa shape index (κ2) is 6.38. The Morgan fingerprint density at radius 3 is 3.00 bits per heavy atom. The molecule has 0 bridgehead atoms. The van der Waals surface area contributed by atoms with Crippen LogP contribution >= 0.6 is 0 Å².